The minimum atomic E-state index is -0.736. The molecule has 1 unspecified atom stereocenters. The summed E-state index contributed by atoms with van der Waals surface area (Å²) in [5.74, 6) is -0.645. The first kappa shape index (κ1) is 19.1. The average Bonchev–Trinajstić information content (AvgIpc) is 3.07. The molecule has 1 heterocycles. The third-order valence-corrected chi connectivity index (χ3v) is 4.94. The molecule has 0 aliphatic heterocycles. The average molecular weight is 400 g/mol. The number of anilines is 1. The predicted molar refractivity (Wildman–Crippen MR) is 108 cm³/mol. The van der Waals surface area contributed by atoms with Crippen LogP contribution in [0.25, 0.3) is 0 Å². The van der Waals surface area contributed by atoms with E-state index in [1.807, 2.05) is 37.3 Å². The Kier molecular flexibility index (Phi) is 6.21. The molecule has 2 N–H and O–H groups in total. The topological polar surface area (TPSA) is 71.1 Å². The number of halogens is 1. The number of hydrogen-bond acceptors (Lipinski definition) is 4. The van der Waals surface area contributed by atoms with E-state index in [-0.39, 0.29) is 11.8 Å². The van der Waals surface area contributed by atoms with Crippen molar-refractivity contribution in [2.45, 2.75) is 19.4 Å². The molecule has 138 valence electrons. The lowest BCUT2D eigenvalue weighted by Crippen LogP contribution is -2.45. The van der Waals surface area contributed by atoms with E-state index in [9.17, 15) is 9.59 Å². The molecule has 3 rings (SSSR count). The second-order valence-corrected chi connectivity index (χ2v) is 7.66. The van der Waals surface area contributed by atoms with Crippen molar-refractivity contribution in [3.63, 3.8) is 0 Å². The summed E-state index contributed by atoms with van der Waals surface area (Å²) in [5, 5.41) is 6.65. The van der Waals surface area contributed by atoms with Crippen LogP contribution in [0.3, 0.4) is 0 Å². The third-order valence-electron chi connectivity index (χ3n) is 3.86. The summed E-state index contributed by atoms with van der Waals surface area (Å²) in [7, 11) is 0. The van der Waals surface area contributed by atoms with Gasteiger partial charge in [-0.25, -0.2) is 4.98 Å². The third kappa shape index (κ3) is 5.39. The minimum absolute atomic E-state index is 0.310. The van der Waals surface area contributed by atoms with Gasteiger partial charge in [-0.3, -0.25) is 9.59 Å². The highest BCUT2D eigenvalue weighted by Crippen LogP contribution is 2.17. The number of thiazole rings is 1. The monoisotopic (exact) mass is 399 g/mol. The van der Waals surface area contributed by atoms with Crippen molar-refractivity contribution in [1.82, 2.24) is 10.3 Å². The van der Waals surface area contributed by atoms with Crippen LogP contribution >= 0.6 is 22.9 Å². The van der Waals surface area contributed by atoms with E-state index in [0.29, 0.717) is 22.1 Å². The largest absolute Gasteiger partial charge is 0.340 e. The lowest BCUT2D eigenvalue weighted by Gasteiger charge is -2.18. The first-order valence-corrected chi connectivity index (χ1v) is 9.54. The van der Waals surface area contributed by atoms with Gasteiger partial charge in [-0.05, 0) is 36.8 Å². The molecule has 7 heteroatoms. The van der Waals surface area contributed by atoms with Crippen LogP contribution in [0.2, 0.25) is 5.02 Å². The number of amides is 2. The van der Waals surface area contributed by atoms with E-state index in [2.05, 4.69) is 15.6 Å². The van der Waals surface area contributed by atoms with Gasteiger partial charge in [0, 0.05) is 28.1 Å². The quantitative estimate of drug-likeness (QED) is 0.656. The van der Waals surface area contributed by atoms with Crippen LogP contribution in [0, 0.1) is 6.92 Å². The molecule has 0 saturated heterocycles. The van der Waals surface area contributed by atoms with Gasteiger partial charge in [-0.2, -0.15) is 0 Å². The molecule has 2 amide bonds. The molecule has 0 fully saturated rings. The zero-order valence-corrected chi connectivity index (χ0v) is 16.2. The Hall–Kier alpha value is -2.70. The van der Waals surface area contributed by atoms with Crippen LogP contribution in [-0.2, 0) is 11.2 Å². The number of nitrogens with one attached hydrogen (secondary N) is 2. The summed E-state index contributed by atoms with van der Waals surface area (Å²) in [6, 6.07) is 15.3. The van der Waals surface area contributed by atoms with E-state index < -0.39 is 6.04 Å². The van der Waals surface area contributed by atoms with Crippen molar-refractivity contribution in [3.05, 3.63) is 81.8 Å². The molecule has 27 heavy (non-hydrogen) atoms. The number of carbonyl (C=O) groups excluding carboxylic acids is 2. The van der Waals surface area contributed by atoms with Gasteiger partial charge in [-0.15, -0.1) is 11.3 Å². The minimum Gasteiger partial charge on any atom is -0.340 e. The van der Waals surface area contributed by atoms with Crippen LogP contribution < -0.4 is 10.6 Å². The number of carbonyl (C=O) groups is 2. The fourth-order valence-corrected chi connectivity index (χ4v) is 3.30. The van der Waals surface area contributed by atoms with Crippen molar-refractivity contribution in [2.75, 3.05) is 5.32 Å². The molecule has 0 aliphatic carbocycles. The molecular weight excluding hydrogens is 382 g/mol. The van der Waals surface area contributed by atoms with E-state index in [0.717, 1.165) is 10.4 Å². The standard InChI is InChI=1S/C20H18ClN3O2S/c1-13-12-22-20(27-13)24-19(26)17(11-14-5-3-2-4-6-14)23-18(25)15-7-9-16(21)10-8-15/h2-10,12,17H,11H2,1H3,(H,23,25)(H,22,24,26). The molecule has 0 aliphatic rings. The van der Waals surface area contributed by atoms with Gasteiger partial charge in [-0.1, -0.05) is 41.9 Å². The molecule has 3 aromatic rings. The van der Waals surface area contributed by atoms with E-state index in [4.69, 9.17) is 11.6 Å². The van der Waals surface area contributed by atoms with E-state index in [1.54, 1.807) is 30.5 Å². The van der Waals surface area contributed by atoms with E-state index >= 15 is 0 Å². The van der Waals surface area contributed by atoms with Crippen LogP contribution in [0.4, 0.5) is 5.13 Å². The molecule has 5 nitrogen and oxygen atoms in total. The first-order valence-electron chi connectivity index (χ1n) is 8.35. The van der Waals surface area contributed by atoms with Crippen LogP contribution in [0.1, 0.15) is 20.8 Å². The smallest absolute Gasteiger partial charge is 0.251 e. The lowest BCUT2D eigenvalue weighted by atomic mass is 10.0. The zero-order valence-electron chi connectivity index (χ0n) is 14.6. The van der Waals surface area contributed by atoms with Crippen LogP contribution in [-0.4, -0.2) is 22.8 Å². The maximum Gasteiger partial charge on any atom is 0.251 e. The van der Waals surface area contributed by atoms with Crippen molar-refractivity contribution >= 4 is 39.9 Å². The van der Waals surface area contributed by atoms with Crippen LogP contribution in [0.15, 0.2) is 60.8 Å². The summed E-state index contributed by atoms with van der Waals surface area (Å²) in [6.07, 6.45) is 2.06. The normalized spacial score (nSPS) is 11.6. The Balaban J connectivity index is 1.76. The Morgan fingerprint density at radius 3 is 2.44 bits per heavy atom. The van der Waals surface area contributed by atoms with Crippen molar-refractivity contribution in [1.29, 1.82) is 0 Å². The molecular formula is C20H18ClN3O2S. The van der Waals surface area contributed by atoms with Gasteiger partial charge < -0.3 is 10.6 Å². The van der Waals surface area contributed by atoms with Crippen molar-refractivity contribution in [3.8, 4) is 0 Å². The number of nitrogens with zero attached hydrogens (tertiary/aromatic N) is 1. The predicted octanol–water partition coefficient (Wildman–Crippen LogP) is 4.08. The second-order valence-electron chi connectivity index (χ2n) is 5.99. The van der Waals surface area contributed by atoms with Gasteiger partial charge in [0.25, 0.3) is 5.91 Å². The lowest BCUT2D eigenvalue weighted by molar-refractivity contribution is -0.118. The fourth-order valence-electron chi connectivity index (χ4n) is 2.51. The Morgan fingerprint density at radius 1 is 1.11 bits per heavy atom. The van der Waals surface area contributed by atoms with Gasteiger partial charge in [0.15, 0.2) is 5.13 Å². The Labute approximate surface area is 166 Å². The van der Waals surface area contributed by atoms with E-state index in [1.165, 1.54) is 11.3 Å². The summed E-state index contributed by atoms with van der Waals surface area (Å²) in [4.78, 5) is 30.5. The number of aryl methyl sites for hydroxylation is 1. The molecule has 1 atom stereocenters. The number of benzene rings is 2. The SMILES string of the molecule is Cc1cnc(NC(=O)C(Cc2ccccc2)NC(=O)c2ccc(Cl)cc2)s1. The van der Waals surface area contributed by atoms with Gasteiger partial charge >= 0.3 is 0 Å². The summed E-state index contributed by atoms with van der Waals surface area (Å²) in [5.41, 5.74) is 1.39. The van der Waals surface area contributed by atoms with Crippen molar-refractivity contribution in [2.24, 2.45) is 0 Å². The Morgan fingerprint density at radius 2 is 1.81 bits per heavy atom. The Bertz CT molecular complexity index is 926. The van der Waals surface area contributed by atoms with Crippen LogP contribution in [0.5, 0.6) is 0 Å². The maximum atomic E-state index is 12.8. The summed E-state index contributed by atoms with van der Waals surface area (Å²) >= 11 is 7.26. The summed E-state index contributed by atoms with van der Waals surface area (Å²) in [6.45, 7) is 1.91. The van der Waals surface area contributed by atoms with Gasteiger partial charge in [0.2, 0.25) is 5.91 Å². The first-order chi connectivity index (χ1) is 13.0. The zero-order chi connectivity index (χ0) is 19.2. The highest BCUT2D eigenvalue weighted by molar-refractivity contribution is 7.15. The maximum absolute atomic E-state index is 12.8. The molecule has 1 aromatic heterocycles. The second kappa shape index (κ2) is 8.79. The highest BCUT2D eigenvalue weighted by Gasteiger charge is 2.23. The molecule has 0 radical (unpaired) electrons. The van der Waals surface area contributed by atoms with Crippen molar-refractivity contribution < 1.29 is 9.59 Å². The number of rotatable bonds is 6. The fraction of sp³-hybridized carbons (Fsp3) is 0.150. The summed E-state index contributed by atoms with van der Waals surface area (Å²) < 4.78 is 0. The number of hydrogen-bond donors (Lipinski definition) is 2. The molecule has 2 aromatic carbocycles. The number of aromatic nitrogens is 1. The van der Waals surface area contributed by atoms with Gasteiger partial charge in [0.05, 0.1) is 0 Å². The molecule has 0 saturated carbocycles. The highest BCUT2D eigenvalue weighted by atomic mass is 35.5. The molecule has 0 spiro atoms. The van der Waals surface area contributed by atoms with Gasteiger partial charge in [0.1, 0.15) is 6.04 Å². The molecule has 0 bridgehead atoms.